The molecule has 0 saturated heterocycles. The number of pyridine rings is 1. The Morgan fingerprint density at radius 3 is 2.67 bits per heavy atom. The highest BCUT2D eigenvalue weighted by Crippen LogP contribution is 2.11. The summed E-state index contributed by atoms with van der Waals surface area (Å²) in [7, 11) is 0. The zero-order valence-electron chi connectivity index (χ0n) is 4.44. The molecule has 0 aliphatic rings. The van der Waals surface area contributed by atoms with E-state index in [1.165, 1.54) is 12.1 Å². The summed E-state index contributed by atoms with van der Waals surface area (Å²) in [5, 5.41) is 0. The Labute approximate surface area is 60.0 Å². The molecule has 0 radical (unpaired) electrons. The molecule has 2 N–H and O–H groups in total. The molecule has 1 heterocycles. The number of hydrogen-bond donors (Lipinski definition) is 1. The van der Waals surface area contributed by atoms with Crippen molar-refractivity contribution in [2.24, 2.45) is 0 Å². The van der Waals surface area contributed by atoms with Crippen LogP contribution in [0.5, 0.6) is 0 Å². The van der Waals surface area contributed by atoms with Crippen LogP contribution in [0.25, 0.3) is 0 Å². The lowest BCUT2D eigenvalue weighted by atomic mass is 10.4. The number of aromatic nitrogens is 1. The van der Waals surface area contributed by atoms with Gasteiger partial charge < -0.3 is 5.73 Å². The molecule has 0 fully saturated rings. The van der Waals surface area contributed by atoms with Crippen LogP contribution in [0.1, 0.15) is 0 Å². The van der Waals surface area contributed by atoms with Gasteiger partial charge >= 0.3 is 0 Å². The van der Waals surface area contributed by atoms with Gasteiger partial charge in [0, 0.05) is 0 Å². The van der Waals surface area contributed by atoms with E-state index >= 15 is 0 Å². The van der Waals surface area contributed by atoms with E-state index in [0.29, 0.717) is 4.60 Å². The summed E-state index contributed by atoms with van der Waals surface area (Å²) in [5.41, 5.74) is 5.10. The van der Waals surface area contributed by atoms with Gasteiger partial charge in [0.1, 0.15) is 4.60 Å². The number of anilines is 1. The number of hydrogen-bond acceptors (Lipinski definition) is 2. The fraction of sp³-hybridized carbons (Fsp3) is 0. The normalized spacial score (nSPS) is 9.56. The average Bonchev–Trinajstić information content (AvgIpc) is 1.80. The first-order chi connectivity index (χ1) is 4.20. The maximum atomic E-state index is 12.3. The van der Waals surface area contributed by atoms with Crippen molar-refractivity contribution in [2.45, 2.75) is 0 Å². The van der Waals surface area contributed by atoms with Crippen LogP contribution in [0.15, 0.2) is 16.7 Å². The molecule has 48 valence electrons. The zero-order valence-corrected chi connectivity index (χ0v) is 6.02. The average molecular weight is 191 g/mol. The highest BCUT2D eigenvalue weighted by molar-refractivity contribution is 9.10. The van der Waals surface area contributed by atoms with Crippen LogP contribution in [0.4, 0.5) is 10.2 Å². The van der Waals surface area contributed by atoms with E-state index in [1.54, 1.807) is 0 Å². The van der Waals surface area contributed by atoms with Crippen molar-refractivity contribution in [1.29, 1.82) is 0 Å². The molecule has 1 aromatic rings. The van der Waals surface area contributed by atoms with Crippen LogP contribution in [0.3, 0.4) is 0 Å². The SMILES string of the molecule is Nc1nc(Br)ccc1F. The lowest BCUT2D eigenvalue weighted by Gasteiger charge is -1.92. The number of nitrogens with two attached hydrogens (primary N) is 1. The van der Waals surface area contributed by atoms with Crippen molar-refractivity contribution >= 4 is 21.7 Å². The molecule has 1 rings (SSSR count). The Hall–Kier alpha value is -0.640. The lowest BCUT2D eigenvalue weighted by molar-refractivity contribution is 0.626. The molecule has 0 spiro atoms. The summed E-state index contributed by atoms with van der Waals surface area (Å²) < 4.78 is 12.8. The highest BCUT2D eigenvalue weighted by atomic mass is 79.9. The largest absolute Gasteiger partial charge is 0.381 e. The molecule has 0 amide bonds. The van der Waals surface area contributed by atoms with Gasteiger partial charge in [0.15, 0.2) is 11.6 Å². The number of halogens is 2. The topological polar surface area (TPSA) is 38.9 Å². The van der Waals surface area contributed by atoms with E-state index in [0.717, 1.165) is 0 Å². The second kappa shape index (κ2) is 2.31. The minimum atomic E-state index is -0.488. The Kier molecular flexibility index (Phi) is 1.66. The Morgan fingerprint density at radius 1 is 1.56 bits per heavy atom. The molecule has 0 aliphatic heterocycles. The molecule has 1 aromatic heterocycles. The smallest absolute Gasteiger partial charge is 0.165 e. The molecular weight excluding hydrogens is 187 g/mol. The number of nitrogens with zero attached hydrogens (tertiary/aromatic N) is 1. The van der Waals surface area contributed by atoms with E-state index in [1.807, 2.05) is 0 Å². The summed E-state index contributed by atoms with van der Waals surface area (Å²) in [5.74, 6) is -0.567. The monoisotopic (exact) mass is 190 g/mol. The van der Waals surface area contributed by atoms with Crippen molar-refractivity contribution in [3.05, 3.63) is 22.6 Å². The molecule has 0 bridgehead atoms. The van der Waals surface area contributed by atoms with Gasteiger partial charge in [-0.25, -0.2) is 9.37 Å². The molecule has 0 atom stereocenters. The third kappa shape index (κ3) is 1.38. The van der Waals surface area contributed by atoms with Gasteiger partial charge in [0.25, 0.3) is 0 Å². The van der Waals surface area contributed by atoms with E-state index in [4.69, 9.17) is 5.73 Å². The molecule has 9 heavy (non-hydrogen) atoms. The van der Waals surface area contributed by atoms with Gasteiger partial charge in [-0.3, -0.25) is 0 Å². The van der Waals surface area contributed by atoms with Crippen LogP contribution in [-0.4, -0.2) is 4.98 Å². The third-order valence-electron chi connectivity index (χ3n) is 0.839. The number of nitrogen functional groups attached to an aromatic ring is 1. The number of rotatable bonds is 0. The molecule has 2 nitrogen and oxygen atoms in total. The quantitative estimate of drug-likeness (QED) is 0.632. The maximum Gasteiger partial charge on any atom is 0.165 e. The van der Waals surface area contributed by atoms with Crippen LogP contribution < -0.4 is 5.73 Å². The predicted octanol–water partition coefficient (Wildman–Crippen LogP) is 1.57. The highest BCUT2D eigenvalue weighted by Gasteiger charge is 1.96. The van der Waals surface area contributed by atoms with Gasteiger partial charge in [-0.2, -0.15) is 0 Å². The van der Waals surface area contributed by atoms with Gasteiger partial charge in [-0.05, 0) is 28.1 Å². The molecule has 0 aliphatic carbocycles. The standard InChI is InChI=1S/C5H4BrFN2/c6-4-2-1-3(7)5(8)9-4/h1-2H,(H2,8,9). The third-order valence-corrected chi connectivity index (χ3v) is 1.28. The summed E-state index contributed by atoms with van der Waals surface area (Å²) >= 11 is 3.04. The van der Waals surface area contributed by atoms with Crippen molar-refractivity contribution in [2.75, 3.05) is 5.73 Å². The van der Waals surface area contributed by atoms with E-state index in [9.17, 15) is 4.39 Å². The van der Waals surface area contributed by atoms with E-state index in [-0.39, 0.29) is 5.82 Å². The van der Waals surface area contributed by atoms with Crippen molar-refractivity contribution in [1.82, 2.24) is 4.98 Å². The van der Waals surface area contributed by atoms with Gasteiger partial charge in [0.05, 0.1) is 0 Å². The Bertz CT molecular complexity index is 226. The van der Waals surface area contributed by atoms with Crippen LogP contribution in [0.2, 0.25) is 0 Å². The summed E-state index contributed by atoms with van der Waals surface area (Å²) in [6.45, 7) is 0. The second-order valence-corrected chi connectivity index (χ2v) is 2.31. The van der Waals surface area contributed by atoms with E-state index < -0.39 is 5.82 Å². The molecular formula is C5H4BrFN2. The van der Waals surface area contributed by atoms with Crippen molar-refractivity contribution in [3.8, 4) is 0 Å². The fourth-order valence-electron chi connectivity index (χ4n) is 0.433. The van der Waals surface area contributed by atoms with Crippen molar-refractivity contribution < 1.29 is 4.39 Å². The first-order valence-electron chi connectivity index (χ1n) is 2.27. The van der Waals surface area contributed by atoms with Crippen LogP contribution in [-0.2, 0) is 0 Å². The van der Waals surface area contributed by atoms with E-state index in [2.05, 4.69) is 20.9 Å². The Morgan fingerprint density at radius 2 is 2.22 bits per heavy atom. The summed E-state index contributed by atoms with van der Waals surface area (Å²) in [6, 6.07) is 2.75. The Balaban J connectivity index is 3.17. The summed E-state index contributed by atoms with van der Waals surface area (Å²) in [4.78, 5) is 3.59. The van der Waals surface area contributed by atoms with Crippen molar-refractivity contribution in [3.63, 3.8) is 0 Å². The minimum absolute atomic E-state index is 0.0793. The predicted molar refractivity (Wildman–Crippen MR) is 36.3 cm³/mol. The van der Waals surface area contributed by atoms with Crippen LogP contribution >= 0.6 is 15.9 Å². The van der Waals surface area contributed by atoms with Gasteiger partial charge in [-0.15, -0.1) is 0 Å². The second-order valence-electron chi connectivity index (χ2n) is 1.50. The first-order valence-corrected chi connectivity index (χ1v) is 3.07. The fourth-order valence-corrected chi connectivity index (χ4v) is 0.756. The molecule has 4 heteroatoms. The minimum Gasteiger partial charge on any atom is -0.381 e. The molecule has 0 unspecified atom stereocenters. The zero-order chi connectivity index (χ0) is 6.85. The first kappa shape index (κ1) is 6.48. The molecule has 0 saturated carbocycles. The molecule has 0 aromatic carbocycles. The maximum absolute atomic E-state index is 12.3. The van der Waals surface area contributed by atoms with Gasteiger partial charge in [0.2, 0.25) is 0 Å². The van der Waals surface area contributed by atoms with Gasteiger partial charge in [-0.1, -0.05) is 0 Å². The summed E-state index contributed by atoms with van der Waals surface area (Å²) in [6.07, 6.45) is 0. The lowest BCUT2D eigenvalue weighted by Crippen LogP contribution is -1.93. The van der Waals surface area contributed by atoms with Crippen LogP contribution in [0, 0.1) is 5.82 Å².